The number of carbonyl (C=O) groups excluding carboxylic acids is 1. The fraction of sp³-hybridized carbons (Fsp3) is 0.190. The minimum atomic E-state index is -4.66. The van der Waals surface area contributed by atoms with E-state index in [4.69, 9.17) is 17.3 Å². The lowest BCUT2D eigenvalue weighted by molar-refractivity contribution is -0.137. The van der Waals surface area contributed by atoms with Crippen LogP contribution in [0.2, 0.25) is 5.02 Å². The predicted molar refractivity (Wildman–Crippen MR) is 113 cm³/mol. The molecule has 0 atom stereocenters. The lowest BCUT2D eigenvalue weighted by Gasteiger charge is -2.13. The number of rotatable bonds is 4. The maximum Gasteiger partial charge on any atom is 0.417 e. The van der Waals surface area contributed by atoms with Gasteiger partial charge in [0.2, 0.25) is 0 Å². The van der Waals surface area contributed by atoms with Crippen molar-refractivity contribution in [3.63, 3.8) is 0 Å². The van der Waals surface area contributed by atoms with Gasteiger partial charge in [0.1, 0.15) is 16.9 Å². The van der Waals surface area contributed by atoms with E-state index in [0.29, 0.717) is 24.0 Å². The Morgan fingerprint density at radius 1 is 1.16 bits per heavy atom. The second kappa shape index (κ2) is 7.73. The van der Waals surface area contributed by atoms with E-state index in [2.05, 4.69) is 15.3 Å². The molecule has 0 saturated carbocycles. The maximum absolute atomic E-state index is 13.4. The summed E-state index contributed by atoms with van der Waals surface area (Å²) in [6.07, 6.45) is -3.96. The second-order valence-electron chi connectivity index (χ2n) is 6.90. The largest absolute Gasteiger partial charge is 0.417 e. The van der Waals surface area contributed by atoms with Crippen LogP contribution in [0.15, 0.2) is 42.5 Å². The first-order valence-corrected chi connectivity index (χ1v) is 9.82. The molecule has 2 aromatic carbocycles. The van der Waals surface area contributed by atoms with Gasteiger partial charge in [-0.3, -0.25) is 9.36 Å². The lowest BCUT2D eigenvalue weighted by atomic mass is 10.2. The Balaban J connectivity index is 2.04. The highest BCUT2D eigenvalue weighted by molar-refractivity contribution is 6.31. The third-order valence-electron chi connectivity index (χ3n) is 4.77. The monoisotopic (exact) mass is 447 g/mol. The number of carbonyl (C=O) groups is 1. The molecular weight excluding hydrogens is 431 g/mol. The molecule has 31 heavy (non-hydrogen) atoms. The van der Waals surface area contributed by atoms with Crippen molar-refractivity contribution in [3.05, 3.63) is 58.6 Å². The Morgan fingerprint density at radius 3 is 2.48 bits per heavy atom. The molecule has 0 aliphatic carbocycles. The van der Waals surface area contributed by atoms with Gasteiger partial charge in [0.25, 0.3) is 5.91 Å². The minimum Gasteiger partial charge on any atom is -0.384 e. The summed E-state index contributed by atoms with van der Waals surface area (Å²) in [5, 5.41) is 2.30. The summed E-state index contributed by atoms with van der Waals surface area (Å²) < 4.78 is 41.6. The molecule has 0 unspecified atom stereocenters. The Kier molecular flexibility index (Phi) is 5.22. The van der Waals surface area contributed by atoms with Crippen LogP contribution in [-0.2, 0) is 6.18 Å². The summed E-state index contributed by atoms with van der Waals surface area (Å²) in [5.74, 6) is -0.535. The van der Waals surface area contributed by atoms with Gasteiger partial charge in [-0.1, -0.05) is 30.7 Å². The summed E-state index contributed by atoms with van der Waals surface area (Å²) in [5.41, 5.74) is 6.82. The number of para-hydroxylation sites is 2. The second-order valence-corrected chi connectivity index (χ2v) is 7.31. The summed E-state index contributed by atoms with van der Waals surface area (Å²) in [4.78, 5) is 21.9. The average molecular weight is 448 g/mol. The number of nitrogens with two attached hydrogens (primary N) is 1. The van der Waals surface area contributed by atoms with Crippen LogP contribution in [0.4, 0.5) is 19.0 Å². The molecule has 0 bridgehead atoms. The summed E-state index contributed by atoms with van der Waals surface area (Å²) in [7, 11) is 0. The molecule has 0 aliphatic rings. The molecule has 1 amide bonds. The molecule has 0 fully saturated rings. The molecule has 2 heterocycles. The molecule has 0 spiro atoms. The first kappa shape index (κ1) is 20.9. The fourth-order valence-corrected chi connectivity index (χ4v) is 3.57. The van der Waals surface area contributed by atoms with Crippen molar-refractivity contribution in [1.82, 2.24) is 19.9 Å². The van der Waals surface area contributed by atoms with Gasteiger partial charge in [-0.15, -0.1) is 0 Å². The van der Waals surface area contributed by atoms with Crippen LogP contribution in [0.5, 0.6) is 0 Å². The van der Waals surface area contributed by atoms with E-state index in [1.54, 1.807) is 24.3 Å². The highest BCUT2D eigenvalue weighted by atomic mass is 35.5. The number of nitrogens with one attached hydrogen (secondary N) is 1. The van der Waals surface area contributed by atoms with Crippen molar-refractivity contribution in [2.24, 2.45) is 0 Å². The van der Waals surface area contributed by atoms with Crippen molar-refractivity contribution in [2.75, 3.05) is 12.3 Å². The van der Waals surface area contributed by atoms with E-state index < -0.39 is 22.7 Å². The van der Waals surface area contributed by atoms with E-state index in [1.165, 1.54) is 10.6 Å². The summed E-state index contributed by atoms with van der Waals surface area (Å²) >= 11 is 5.76. The van der Waals surface area contributed by atoms with Gasteiger partial charge in [-0.05, 0) is 36.8 Å². The van der Waals surface area contributed by atoms with Crippen molar-refractivity contribution in [3.8, 4) is 5.69 Å². The highest BCUT2D eigenvalue weighted by Gasteiger charge is 2.34. The zero-order valence-corrected chi connectivity index (χ0v) is 17.1. The number of benzene rings is 2. The Bertz CT molecular complexity index is 1320. The Hall–Kier alpha value is -3.33. The molecule has 0 aliphatic heterocycles. The molecule has 4 rings (SSSR count). The van der Waals surface area contributed by atoms with Crippen LogP contribution in [0.1, 0.15) is 29.3 Å². The van der Waals surface area contributed by atoms with Crippen molar-refractivity contribution in [1.29, 1.82) is 0 Å². The summed E-state index contributed by atoms with van der Waals surface area (Å²) in [6, 6.07) is 10.4. The zero-order chi connectivity index (χ0) is 22.3. The third kappa shape index (κ3) is 3.65. The van der Waals surface area contributed by atoms with Crippen molar-refractivity contribution in [2.45, 2.75) is 19.5 Å². The number of alkyl halides is 3. The molecular formula is C21H17ClF3N5O. The first-order chi connectivity index (χ1) is 14.7. The normalized spacial score (nSPS) is 11.9. The molecule has 160 valence electrons. The Labute approximate surface area is 179 Å². The molecule has 0 saturated heterocycles. The van der Waals surface area contributed by atoms with Gasteiger partial charge in [-0.25, -0.2) is 9.97 Å². The van der Waals surface area contributed by atoms with E-state index in [-0.39, 0.29) is 28.2 Å². The van der Waals surface area contributed by atoms with Gasteiger partial charge in [-0.2, -0.15) is 13.2 Å². The van der Waals surface area contributed by atoms with Gasteiger partial charge >= 0.3 is 6.18 Å². The van der Waals surface area contributed by atoms with Crippen molar-refractivity contribution < 1.29 is 18.0 Å². The van der Waals surface area contributed by atoms with E-state index >= 15 is 0 Å². The van der Waals surface area contributed by atoms with Crippen LogP contribution in [-0.4, -0.2) is 27.0 Å². The SMILES string of the molecule is CCCNC(=O)c1c(N)n(-c2ccc(Cl)c(C(F)(F)F)c2)c2nc3ccccc3nc12. The van der Waals surface area contributed by atoms with Gasteiger partial charge in [0.15, 0.2) is 5.65 Å². The van der Waals surface area contributed by atoms with Gasteiger partial charge < -0.3 is 11.1 Å². The van der Waals surface area contributed by atoms with Gasteiger partial charge in [0, 0.05) is 12.2 Å². The van der Waals surface area contributed by atoms with E-state index in [1.807, 2.05) is 6.92 Å². The van der Waals surface area contributed by atoms with Crippen LogP contribution in [0.3, 0.4) is 0 Å². The quantitative estimate of drug-likeness (QED) is 0.462. The Morgan fingerprint density at radius 2 is 1.84 bits per heavy atom. The fourth-order valence-electron chi connectivity index (χ4n) is 3.34. The zero-order valence-electron chi connectivity index (χ0n) is 16.3. The number of nitrogens with zero attached hydrogens (tertiary/aromatic N) is 3. The van der Waals surface area contributed by atoms with E-state index in [9.17, 15) is 18.0 Å². The molecule has 0 radical (unpaired) electrons. The topological polar surface area (TPSA) is 85.8 Å². The number of aromatic nitrogens is 3. The number of hydrogen-bond acceptors (Lipinski definition) is 4. The highest BCUT2D eigenvalue weighted by Crippen LogP contribution is 2.38. The van der Waals surface area contributed by atoms with Crippen molar-refractivity contribution >= 4 is 45.5 Å². The van der Waals surface area contributed by atoms with Crippen LogP contribution in [0, 0.1) is 0 Å². The number of hydrogen-bond donors (Lipinski definition) is 2. The number of fused-ring (bicyclic) bond motifs is 2. The van der Waals surface area contributed by atoms with Crippen LogP contribution >= 0.6 is 11.6 Å². The molecule has 6 nitrogen and oxygen atoms in total. The molecule has 3 N–H and O–H groups in total. The minimum absolute atomic E-state index is 0.0604. The third-order valence-corrected chi connectivity index (χ3v) is 5.10. The molecule has 10 heteroatoms. The number of nitrogen functional groups attached to an aromatic ring is 1. The van der Waals surface area contributed by atoms with Gasteiger partial charge in [0.05, 0.1) is 21.6 Å². The van der Waals surface area contributed by atoms with Crippen LogP contribution < -0.4 is 11.1 Å². The number of amides is 1. The number of anilines is 1. The van der Waals surface area contributed by atoms with E-state index in [0.717, 1.165) is 12.1 Å². The predicted octanol–water partition coefficient (Wildman–Crippen LogP) is 4.97. The standard InChI is InChI=1S/C21H17ClF3N5O/c1-2-9-27-20(31)16-17-19(29-15-6-4-3-5-14(15)28-17)30(18(16)26)11-7-8-13(22)12(10-11)21(23,24)25/h3-8,10H,2,9,26H2,1H3,(H,27,31). The lowest BCUT2D eigenvalue weighted by Crippen LogP contribution is -2.25. The molecule has 2 aromatic heterocycles. The summed E-state index contributed by atoms with van der Waals surface area (Å²) in [6.45, 7) is 2.30. The van der Waals surface area contributed by atoms with Crippen LogP contribution in [0.25, 0.3) is 27.9 Å². The maximum atomic E-state index is 13.4. The first-order valence-electron chi connectivity index (χ1n) is 9.44. The molecule has 4 aromatic rings. The average Bonchev–Trinajstić information content (AvgIpc) is 3.00. The number of halogens is 4. The smallest absolute Gasteiger partial charge is 0.384 e.